The number of carbonyl (C=O) groups is 2. The first-order valence-electron chi connectivity index (χ1n) is 7.84. The Morgan fingerprint density at radius 1 is 1.14 bits per heavy atom. The van der Waals surface area contributed by atoms with Crippen LogP contribution >= 0.6 is 0 Å². The van der Waals surface area contributed by atoms with Crippen molar-refractivity contribution in [3.63, 3.8) is 0 Å². The van der Waals surface area contributed by atoms with E-state index in [-0.39, 0.29) is 11.8 Å². The highest BCUT2D eigenvalue weighted by molar-refractivity contribution is 6.04. The largest absolute Gasteiger partial charge is 0.385 e. The number of rotatable bonds is 9. The second-order valence-electron chi connectivity index (χ2n) is 5.94. The average molecular weight is 315 g/mol. The van der Waals surface area contributed by atoms with Crippen LogP contribution in [0.4, 0.5) is 0 Å². The van der Waals surface area contributed by atoms with Gasteiger partial charge in [-0.2, -0.15) is 0 Å². The number of ether oxygens (including phenoxy) is 2. The van der Waals surface area contributed by atoms with Crippen molar-refractivity contribution in [2.45, 2.75) is 20.3 Å². The predicted molar refractivity (Wildman–Crippen MR) is 83.6 cm³/mol. The van der Waals surface area contributed by atoms with Crippen LogP contribution in [0.25, 0.3) is 0 Å². The fraction of sp³-hybridized carbons (Fsp3) is 0.867. The van der Waals surface area contributed by atoms with Crippen molar-refractivity contribution in [1.82, 2.24) is 15.5 Å². The fourth-order valence-electron chi connectivity index (χ4n) is 2.12. The number of carbonyl (C=O) groups excluding carboxylic acids is 2. The predicted octanol–water partition coefficient (Wildman–Crippen LogP) is -0.386. The van der Waals surface area contributed by atoms with Crippen molar-refractivity contribution in [2.75, 3.05) is 59.7 Å². The van der Waals surface area contributed by atoms with Gasteiger partial charge in [-0.25, -0.2) is 0 Å². The minimum atomic E-state index is -1.07. The standard InChI is InChI=1S/C15H29N3O4/c1-15(2,13(19)16-5-4-10-21-3)14(20)17-6-7-18-8-11-22-12-9-18/h4-12H2,1-3H3,(H,16,19)(H,17,20). The van der Waals surface area contributed by atoms with E-state index < -0.39 is 5.41 Å². The van der Waals surface area contributed by atoms with E-state index in [4.69, 9.17) is 9.47 Å². The molecule has 0 radical (unpaired) electrons. The van der Waals surface area contributed by atoms with Gasteiger partial charge in [0, 0.05) is 46.4 Å². The topological polar surface area (TPSA) is 79.9 Å². The molecule has 2 N–H and O–H groups in total. The third-order valence-corrected chi connectivity index (χ3v) is 3.76. The molecule has 22 heavy (non-hydrogen) atoms. The van der Waals surface area contributed by atoms with Crippen LogP contribution in [0.1, 0.15) is 20.3 Å². The molecule has 128 valence electrons. The van der Waals surface area contributed by atoms with Crippen LogP contribution in [0, 0.1) is 5.41 Å². The average Bonchev–Trinajstić information content (AvgIpc) is 2.52. The number of hydrogen-bond acceptors (Lipinski definition) is 5. The maximum atomic E-state index is 12.2. The second kappa shape index (κ2) is 9.76. The summed E-state index contributed by atoms with van der Waals surface area (Å²) >= 11 is 0. The number of methoxy groups -OCH3 is 1. The molecule has 1 aliphatic rings. The van der Waals surface area contributed by atoms with E-state index in [9.17, 15) is 9.59 Å². The van der Waals surface area contributed by atoms with E-state index in [0.717, 1.165) is 39.3 Å². The fourth-order valence-corrected chi connectivity index (χ4v) is 2.12. The lowest BCUT2D eigenvalue weighted by Crippen LogP contribution is -2.50. The molecule has 1 fully saturated rings. The van der Waals surface area contributed by atoms with Gasteiger partial charge in [0.25, 0.3) is 0 Å². The Balaban J connectivity index is 2.26. The normalized spacial score (nSPS) is 16.3. The van der Waals surface area contributed by atoms with Gasteiger partial charge in [-0.05, 0) is 20.3 Å². The third kappa shape index (κ3) is 6.29. The molecule has 2 amide bonds. The van der Waals surface area contributed by atoms with Gasteiger partial charge in [0.05, 0.1) is 13.2 Å². The van der Waals surface area contributed by atoms with Gasteiger partial charge in [0.2, 0.25) is 11.8 Å². The van der Waals surface area contributed by atoms with Gasteiger partial charge in [0.15, 0.2) is 0 Å². The van der Waals surface area contributed by atoms with Crippen molar-refractivity contribution in [2.24, 2.45) is 5.41 Å². The molecular weight excluding hydrogens is 286 g/mol. The molecule has 1 aliphatic heterocycles. The van der Waals surface area contributed by atoms with Crippen molar-refractivity contribution >= 4 is 11.8 Å². The summed E-state index contributed by atoms with van der Waals surface area (Å²) in [5, 5.41) is 5.62. The number of nitrogens with one attached hydrogen (secondary N) is 2. The minimum Gasteiger partial charge on any atom is -0.385 e. The lowest BCUT2D eigenvalue weighted by atomic mass is 9.91. The molecule has 7 heteroatoms. The van der Waals surface area contributed by atoms with Gasteiger partial charge in [0.1, 0.15) is 5.41 Å². The Kier molecular flexibility index (Phi) is 8.37. The molecule has 0 saturated carbocycles. The molecule has 1 saturated heterocycles. The van der Waals surface area contributed by atoms with E-state index in [1.54, 1.807) is 21.0 Å². The van der Waals surface area contributed by atoms with Crippen molar-refractivity contribution in [3.8, 4) is 0 Å². The van der Waals surface area contributed by atoms with E-state index >= 15 is 0 Å². The monoisotopic (exact) mass is 315 g/mol. The van der Waals surface area contributed by atoms with Crippen LogP contribution in [0.15, 0.2) is 0 Å². The first-order valence-corrected chi connectivity index (χ1v) is 7.84. The first kappa shape index (κ1) is 18.9. The van der Waals surface area contributed by atoms with Crippen LogP contribution in [-0.4, -0.2) is 76.4 Å². The van der Waals surface area contributed by atoms with Gasteiger partial charge < -0.3 is 20.1 Å². The Morgan fingerprint density at radius 2 is 1.73 bits per heavy atom. The first-order chi connectivity index (χ1) is 10.5. The summed E-state index contributed by atoms with van der Waals surface area (Å²) in [7, 11) is 1.62. The molecule has 0 aromatic rings. The summed E-state index contributed by atoms with van der Waals surface area (Å²) in [5.41, 5.74) is -1.07. The van der Waals surface area contributed by atoms with E-state index in [0.29, 0.717) is 19.7 Å². The second-order valence-corrected chi connectivity index (χ2v) is 5.94. The van der Waals surface area contributed by atoms with Crippen LogP contribution < -0.4 is 10.6 Å². The molecule has 1 heterocycles. The van der Waals surface area contributed by atoms with Crippen LogP contribution in [-0.2, 0) is 19.1 Å². The SMILES string of the molecule is COCCCNC(=O)C(C)(C)C(=O)NCCN1CCOCC1. The van der Waals surface area contributed by atoms with Gasteiger partial charge >= 0.3 is 0 Å². The Bertz CT molecular complexity index is 355. The van der Waals surface area contributed by atoms with Crippen molar-refractivity contribution in [3.05, 3.63) is 0 Å². The zero-order valence-corrected chi connectivity index (χ0v) is 13.9. The molecule has 0 aromatic heterocycles. The highest BCUT2D eigenvalue weighted by Crippen LogP contribution is 2.15. The van der Waals surface area contributed by atoms with Crippen LogP contribution in [0.3, 0.4) is 0 Å². The molecular formula is C15H29N3O4. The molecule has 0 atom stereocenters. The summed E-state index contributed by atoms with van der Waals surface area (Å²) in [6.07, 6.45) is 0.733. The lowest BCUT2D eigenvalue weighted by Gasteiger charge is -2.27. The highest BCUT2D eigenvalue weighted by atomic mass is 16.5. The van der Waals surface area contributed by atoms with E-state index in [1.165, 1.54) is 0 Å². The summed E-state index contributed by atoms with van der Waals surface area (Å²) in [6.45, 7) is 8.96. The minimum absolute atomic E-state index is 0.245. The summed E-state index contributed by atoms with van der Waals surface area (Å²) in [6, 6.07) is 0. The zero-order valence-electron chi connectivity index (χ0n) is 13.9. The van der Waals surface area contributed by atoms with Gasteiger partial charge in [-0.15, -0.1) is 0 Å². The molecule has 0 bridgehead atoms. The number of nitrogens with zero attached hydrogens (tertiary/aromatic N) is 1. The van der Waals surface area contributed by atoms with Crippen molar-refractivity contribution < 1.29 is 19.1 Å². The Morgan fingerprint density at radius 3 is 2.32 bits per heavy atom. The van der Waals surface area contributed by atoms with E-state index in [1.807, 2.05) is 0 Å². The third-order valence-electron chi connectivity index (χ3n) is 3.76. The van der Waals surface area contributed by atoms with Crippen molar-refractivity contribution in [1.29, 1.82) is 0 Å². The number of hydrogen-bond donors (Lipinski definition) is 2. The molecule has 0 unspecified atom stereocenters. The summed E-state index contributed by atoms with van der Waals surface area (Å²) in [4.78, 5) is 26.5. The molecule has 0 aliphatic carbocycles. The molecule has 0 spiro atoms. The summed E-state index contributed by atoms with van der Waals surface area (Å²) in [5.74, 6) is -0.502. The van der Waals surface area contributed by atoms with Gasteiger partial charge in [-0.3, -0.25) is 14.5 Å². The van der Waals surface area contributed by atoms with Crippen LogP contribution in [0.2, 0.25) is 0 Å². The van der Waals surface area contributed by atoms with Gasteiger partial charge in [-0.1, -0.05) is 0 Å². The Labute approximate surface area is 132 Å². The Hall–Kier alpha value is -1.18. The quantitative estimate of drug-likeness (QED) is 0.448. The molecule has 7 nitrogen and oxygen atoms in total. The molecule has 1 rings (SSSR count). The summed E-state index contributed by atoms with van der Waals surface area (Å²) < 4.78 is 10.2. The maximum absolute atomic E-state index is 12.2. The zero-order chi connectivity index (χ0) is 16.4. The van der Waals surface area contributed by atoms with E-state index in [2.05, 4.69) is 15.5 Å². The lowest BCUT2D eigenvalue weighted by molar-refractivity contribution is -0.141. The smallest absolute Gasteiger partial charge is 0.235 e. The molecule has 0 aromatic carbocycles. The number of morpholine rings is 1. The maximum Gasteiger partial charge on any atom is 0.235 e. The number of amides is 2. The van der Waals surface area contributed by atoms with Crippen LogP contribution in [0.5, 0.6) is 0 Å². The highest BCUT2D eigenvalue weighted by Gasteiger charge is 2.35.